The van der Waals surface area contributed by atoms with Gasteiger partial charge >= 0.3 is 5.97 Å². The first-order valence-corrected chi connectivity index (χ1v) is 7.19. The summed E-state index contributed by atoms with van der Waals surface area (Å²) in [5.74, 6) is 1.34. The summed E-state index contributed by atoms with van der Waals surface area (Å²) >= 11 is 0. The molecule has 4 heteroatoms. The van der Waals surface area contributed by atoms with Crippen molar-refractivity contribution in [2.45, 2.75) is 13.3 Å². The van der Waals surface area contributed by atoms with Gasteiger partial charge in [-0.3, -0.25) is 0 Å². The Balaban J connectivity index is 1.68. The largest absolute Gasteiger partial charge is 0.462 e. The fourth-order valence-electron chi connectivity index (χ4n) is 2.30. The second kappa shape index (κ2) is 6.35. The summed E-state index contributed by atoms with van der Waals surface area (Å²) < 4.78 is 10.7. The van der Waals surface area contributed by atoms with Crippen LogP contribution < -0.4 is 10.1 Å². The van der Waals surface area contributed by atoms with Crippen LogP contribution in [0, 0.1) is 0 Å². The highest BCUT2D eigenvalue weighted by atomic mass is 16.5. The molecule has 1 saturated heterocycles. The molecule has 22 heavy (non-hydrogen) atoms. The molecule has 1 fully saturated rings. The Morgan fingerprint density at radius 1 is 1.05 bits per heavy atom. The lowest BCUT2D eigenvalue weighted by atomic mass is 10.2. The van der Waals surface area contributed by atoms with Crippen LogP contribution in [0.25, 0.3) is 0 Å². The van der Waals surface area contributed by atoms with Crippen LogP contribution in [0.4, 0.5) is 5.69 Å². The van der Waals surface area contributed by atoms with Crippen LogP contribution in [0.5, 0.6) is 11.5 Å². The molecule has 0 bridgehead atoms. The lowest BCUT2D eigenvalue weighted by molar-refractivity contribution is -0.135. The van der Waals surface area contributed by atoms with E-state index in [9.17, 15) is 4.79 Å². The molecule has 1 aliphatic rings. The zero-order chi connectivity index (χ0) is 15.4. The summed E-state index contributed by atoms with van der Waals surface area (Å²) in [6.45, 7) is 2.35. The Kier molecular flexibility index (Phi) is 4.10. The highest BCUT2D eigenvalue weighted by Crippen LogP contribution is 2.24. The van der Waals surface area contributed by atoms with Crippen molar-refractivity contribution < 1.29 is 14.3 Å². The second-order valence-corrected chi connectivity index (χ2v) is 5.05. The molecule has 4 nitrogen and oxygen atoms in total. The van der Waals surface area contributed by atoms with Gasteiger partial charge in [0.05, 0.1) is 12.2 Å². The predicted molar refractivity (Wildman–Crippen MR) is 84.9 cm³/mol. The van der Waals surface area contributed by atoms with Crippen molar-refractivity contribution in [3.63, 3.8) is 0 Å². The quantitative estimate of drug-likeness (QED) is 0.681. The lowest BCUT2D eigenvalue weighted by Crippen LogP contribution is -2.04. The van der Waals surface area contributed by atoms with Gasteiger partial charge in [-0.2, -0.15) is 0 Å². The number of rotatable bonds is 4. The summed E-state index contributed by atoms with van der Waals surface area (Å²) in [5, 5.41) is 3.23. The van der Waals surface area contributed by atoms with Crippen molar-refractivity contribution >= 4 is 11.7 Å². The number of hydrogen-bond donors (Lipinski definition) is 1. The molecule has 2 aromatic carbocycles. The number of nitrogens with one attached hydrogen (secondary N) is 1. The molecule has 3 rings (SSSR count). The number of ether oxygens (including phenoxy) is 2. The molecule has 0 amide bonds. The van der Waals surface area contributed by atoms with Crippen molar-refractivity contribution in [1.82, 2.24) is 0 Å². The number of hydrogen-bond acceptors (Lipinski definition) is 4. The van der Waals surface area contributed by atoms with E-state index in [2.05, 4.69) is 5.32 Å². The van der Waals surface area contributed by atoms with E-state index < -0.39 is 0 Å². The van der Waals surface area contributed by atoms with Crippen LogP contribution in [0.2, 0.25) is 0 Å². The maximum absolute atomic E-state index is 11.5. The summed E-state index contributed by atoms with van der Waals surface area (Å²) in [6.07, 6.45) is 0.660. The summed E-state index contributed by atoms with van der Waals surface area (Å²) in [6, 6.07) is 17.2. The molecule has 0 atom stereocenters. The zero-order valence-electron chi connectivity index (χ0n) is 12.3. The second-order valence-electron chi connectivity index (χ2n) is 5.05. The van der Waals surface area contributed by atoms with Crippen LogP contribution in [0.3, 0.4) is 0 Å². The third-order valence-electron chi connectivity index (χ3n) is 3.45. The first-order valence-electron chi connectivity index (χ1n) is 7.19. The molecule has 0 aliphatic carbocycles. The molecule has 1 heterocycles. The minimum atomic E-state index is -0.228. The zero-order valence-corrected chi connectivity index (χ0v) is 12.3. The normalized spacial score (nSPS) is 16.1. The molecule has 0 radical (unpaired) electrons. The monoisotopic (exact) mass is 295 g/mol. The van der Waals surface area contributed by atoms with E-state index in [-0.39, 0.29) is 5.97 Å². The van der Waals surface area contributed by atoms with Gasteiger partial charge in [0.25, 0.3) is 0 Å². The van der Waals surface area contributed by atoms with Crippen LogP contribution in [-0.4, -0.2) is 12.6 Å². The van der Waals surface area contributed by atoms with Gasteiger partial charge in [-0.1, -0.05) is 18.2 Å². The van der Waals surface area contributed by atoms with Gasteiger partial charge < -0.3 is 14.8 Å². The Morgan fingerprint density at radius 3 is 2.36 bits per heavy atom. The summed E-state index contributed by atoms with van der Waals surface area (Å²) in [4.78, 5) is 11.5. The van der Waals surface area contributed by atoms with Gasteiger partial charge in [0.15, 0.2) is 0 Å². The van der Waals surface area contributed by atoms with E-state index in [0.717, 1.165) is 22.9 Å². The first kappa shape index (κ1) is 14.2. The van der Waals surface area contributed by atoms with Crippen LogP contribution in [0.1, 0.15) is 13.3 Å². The van der Waals surface area contributed by atoms with Crippen LogP contribution in [-0.2, 0) is 9.53 Å². The maximum Gasteiger partial charge on any atom is 0.335 e. The third kappa shape index (κ3) is 3.28. The maximum atomic E-state index is 11.5. The smallest absolute Gasteiger partial charge is 0.335 e. The molecular formula is C18H17NO3. The number of para-hydroxylation sites is 1. The van der Waals surface area contributed by atoms with Gasteiger partial charge in [-0.05, 0) is 43.3 Å². The van der Waals surface area contributed by atoms with Crippen LogP contribution >= 0.6 is 0 Å². The fourth-order valence-corrected chi connectivity index (χ4v) is 2.30. The molecule has 1 N–H and O–H groups in total. The lowest BCUT2D eigenvalue weighted by Gasteiger charge is -2.10. The molecule has 0 aromatic heterocycles. The Labute approximate surface area is 129 Å². The van der Waals surface area contributed by atoms with E-state index in [1.54, 1.807) is 0 Å². The number of esters is 1. The number of cyclic esters (lactones) is 1. The Hall–Kier alpha value is -2.75. The van der Waals surface area contributed by atoms with Crippen molar-refractivity contribution in [3.8, 4) is 11.5 Å². The third-order valence-corrected chi connectivity index (χ3v) is 3.45. The van der Waals surface area contributed by atoms with E-state index in [1.807, 2.05) is 61.5 Å². The summed E-state index contributed by atoms with van der Waals surface area (Å²) in [5.41, 5.74) is 2.45. The number of allylic oxidation sites excluding steroid dienone is 1. The molecular weight excluding hydrogens is 278 g/mol. The van der Waals surface area contributed by atoms with Crippen molar-refractivity contribution in [3.05, 3.63) is 65.9 Å². The Morgan fingerprint density at radius 2 is 1.73 bits per heavy atom. The minimum Gasteiger partial charge on any atom is -0.462 e. The molecule has 0 spiro atoms. The first-order chi connectivity index (χ1) is 10.7. The average molecular weight is 295 g/mol. The molecule has 112 valence electrons. The van der Waals surface area contributed by atoms with Gasteiger partial charge in [0.2, 0.25) is 0 Å². The molecule has 2 aromatic rings. The number of benzene rings is 2. The Bertz CT molecular complexity index is 690. The van der Waals surface area contributed by atoms with E-state index >= 15 is 0 Å². The van der Waals surface area contributed by atoms with Gasteiger partial charge in [0, 0.05) is 17.8 Å². The van der Waals surface area contributed by atoms with Gasteiger partial charge in [0.1, 0.15) is 11.5 Å². The average Bonchev–Trinajstić information content (AvgIpc) is 2.96. The molecule has 1 aliphatic heterocycles. The topological polar surface area (TPSA) is 47.6 Å². The van der Waals surface area contributed by atoms with Gasteiger partial charge in [-0.15, -0.1) is 0 Å². The van der Waals surface area contributed by atoms with Crippen LogP contribution in [0.15, 0.2) is 65.9 Å². The SMILES string of the molecule is C/C(Nc1ccc(Oc2ccccc2)cc1)=C1\CCOC1=O. The van der Waals surface area contributed by atoms with E-state index in [1.165, 1.54) is 0 Å². The number of carbonyl (C=O) groups is 1. The fraction of sp³-hybridized carbons (Fsp3) is 0.167. The standard InChI is InChI=1S/C18H17NO3/c1-13(17-11-12-21-18(17)20)19-14-7-9-16(10-8-14)22-15-5-3-2-4-6-15/h2-10,19H,11-12H2,1H3/b17-13-. The minimum absolute atomic E-state index is 0.228. The summed E-state index contributed by atoms with van der Waals surface area (Å²) in [7, 11) is 0. The highest BCUT2D eigenvalue weighted by Gasteiger charge is 2.21. The van der Waals surface area contributed by atoms with E-state index in [0.29, 0.717) is 18.6 Å². The number of carbonyl (C=O) groups excluding carboxylic acids is 1. The number of anilines is 1. The van der Waals surface area contributed by atoms with Crippen molar-refractivity contribution in [1.29, 1.82) is 0 Å². The predicted octanol–water partition coefficient (Wildman–Crippen LogP) is 4.11. The van der Waals surface area contributed by atoms with E-state index in [4.69, 9.17) is 9.47 Å². The molecule has 0 unspecified atom stereocenters. The van der Waals surface area contributed by atoms with Gasteiger partial charge in [-0.25, -0.2) is 4.79 Å². The highest BCUT2D eigenvalue weighted by molar-refractivity contribution is 5.91. The van der Waals surface area contributed by atoms with Crippen molar-refractivity contribution in [2.75, 3.05) is 11.9 Å². The molecule has 0 saturated carbocycles. The van der Waals surface area contributed by atoms with Crippen molar-refractivity contribution in [2.24, 2.45) is 0 Å².